The van der Waals surface area contributed by atoms with Crippen LogP contribution in [0.3, 0.4) is 0 Å². The Morgan fingerprint density at radius 1 is 0.820 bits per heavy atom. The summed E-state index contributed by atoms with van der Waals surface area (Å²) >= 11 is 0. The fourth-order valence-corrected chi connectivity index (χ4v) is 5.82. The topological polar surface area (TPSA) is 199 Å². The molecule has 2 aromatic rings. The third-order valence-corrected chi connectivity index (χ3v) is 8.69. The molecule has 1 aromatic carbocycles. The van der Waals surface area contributed by atoms with E-state index in [9.17, 15) is 29.4 Å². The number of hydrogen-bond donors (Lipinski definition) is 3. The fraction of sp³-hybridized carbons (Fsp3) is 0.636. The summed E-state index contributed by atoms with van der Waals surface area (Å²) in [6, 6.07) is 4.74. The van der Waals surface area contributed by atoms with E-state index in [1.165, 1.54) is 12.3 Å². The molecule has 4 unspecified atom stereocenters. The Labute approximate surface area is 288 Å². The maximum Gasteiger partial charge on any atom is 0.340 e. The van der Waals surface area contributed by atoms with Gasteiger partial charge in [-0.3, -0.25) is 19.5 Å². The number of aliphatic hydroxyl groups is 2. The molecule has 4 fully saturated rings. The molecule has 4 saturated heterocycles. The van der Waals surface area contributed by atoms with Crippen molar-refractivity contribution in [3.8, 4) is 0 Å². The van der Waals surface area contributed by atoms with E-state index in [1.54, 1.807) is 12.1 Å². The SMILES string of the molecule is CN1CCOC(OC(=O)[C@@H](O)[C@H](O)C(=O)OC2CN(C)CCO2)C1.CN1CCOC(OC(=O)c2cc(C3CCCN3)c3occc(=O)c3c2)C1. The Morgan fingerprint density at radius 2 is 1.34 bits per heavy atom. The van der Waals surface area contributed by atoms with Crippen LogP contribution in [0.2, 0.25) is 0 Å². The van der Waals surface area contributed by atoms with Gasteiger partial charge < -0.3 is 48.4 Å². The van der Waals surface area contributed by atoms with Gasteiger partial charge in [0.15, 0.2) is 17.6 Å². The van der Waals surface area contributed by atoms with Crippen LogP contribution in [0.1, 0.15) is 34.8 Å². The molecule has 4 aliphatic heterocycles. The number of carbonyl (C=O) groups excluding carboxylic acids is 3. The summed E-state index contributed by atoms with van der Waals surface area (Å²) in [5, 5.41) is 23.4. The van der Waals surface area contributed by atoms with Gasteiger partial charge >= 0.3 is 17.9 Å². The smallest absolute Gasteiger partial charge is 0.340 e. The zero-order valence-electron chi connectivity index (χ0n) is 28.5. The first-order valence-corrected chi connectivity index (χ1v) is 16.7. The molecule has 0 radical (unpaired) electrons. The van der Waals surface area contributed by atoms with Crippen LogP contribution in [0.5, 0.6) is 0 Å². The highest BCUT2D eigenvalue weighted by atomic mass is 16.7. The first kappa shape index (κ1) is 37.7. The molecule has 4 aliphatic rings. The van der Waals surface area contributed by atoms with Gasteiger partial charge in [0.05, 0.1) is 56.7 Å². The molecule has 0 spiro atoms. The average molecular weight is 707 g/mol. The summed E-state index contributed by atoms with van der Waals surface area (Å²) in [7, 11) is 5.61. The van der Waals surface area contributed by atoms with Crippen molar-refractivity contribution in [3.05, 3.63) is 45.8 Å². The highest BCUT2D eigenvalue weighted by Gasteiger charge is 2.37. The number of hydrogen-bond acceptors (Lipinski definition) is 17. The van der Waals surface area contributed by atoms with E-state index in [-0.39, 0.29) is 11.5 Å². The molecule has 0 bridgehead atoms. The van der Waals surface area contributed by atoms with Crippen LogP contribution in [0.25, 0.3) is 11.0 Å². The highest BCUT2D eigenvalue weighted by molar-refractivity contribution is 5.95. The molecule has 0 aliphatic carbocycles. The zero-order chi connectivity index (χ0) is 35.8. The minimum Gasteiger partial charge on any atom is -0.464 e. The van der Waals surface area contributed by atoms with Crippen molar-refractivity contribution in [1.29, 1.82) is 0 Å². The molecule has 1 aromatic heterocycles. The lowest BCUT2D eigenvalue weighted by Crippen LogP contribution is -2.49. The van der Waals surface area contributed by atoms with Crippen LogP contribution in [-0.4, -0.2) is 161 Å². The van der Waals surface area contributed by atoms with Gasteiger partial charge in [-0.05, 0) is 52.7 Å². The van der Waals surface area contributed by atoms with E-state index in [4.69, 9.17) is 32.8 Å². The van der Waals surface area contributed by atoms with Gasteiger partial charge in [0.25, 0.3) is 0 Å². The largest absolute Gasteiger partial charge is 0.464 e. The second kappa shape index (κ2) is 17.6. The summed E-state index contributed by atoms with van der Waals surface area (Å²) in [6.45, 7) is 5.57. The van der Waals surface area contributed by atoms with Crippen LogP contribution < -0.4 is 10.7 Å². The molecule has 6 rings (SSSR count). The first-order valence-electron chi connectivity index (χ1n) is 16.7. The molecule has 50 heavy (non-hydrogen) atoms. The Hall–Kier alpha value is -3.52. The molecule has 6 atom stereocenters. The number of aliphatic hydroxyl groups excluding tert-OH is 2. The molecule has 0 amide bonds. The van der Waals surface area contributed by atoms with E-state index < -0.39 is 49.0 Å². The summed E-state index contributed by atoms with van der Waals surface area (Å²) in [4.78, 5) is 54.4. The molecule has 17 heteroatoms. The van der Waals surface area contributed by atoms with Crippen molar-refractivity contribution in [3.63, 3.8) is 0 Å². The van der Waals surface area contributed by atoms with Gasteiger partial charge in [0, 0.05) is 37.3 Å². The maximum absolute atomic E-state index is 12.7. The summed E-state index contributed by atoms with van der Waals surface area (Å²) in [5.74, 6) is -2.79. The lowest BCUT2D eigenvalue weighted by atomic mass is 9.99. The quantitative estimate of drug-likeness (QED) is 0.224. The van der Waals surface area contributed by atoms with Crippen LogP contribution in [-0.2, 0) is 38.0 Å². The van der Waals surface area contributed by atoms with Crippen molar-refractivity contribution in [1.82, 2.24) is 20.0 Å². The highest BCUT2D eigenvalue weighted by Crippen LogP contribution is 2.30. The third kappa shape index (κ3) is 10.0. The zero-order valence-corrected chi connectivity index (χ0v) is 28.5. The van der Waals surface area contributed by atoms with Crippen LogP contribution in [0.4, 0.5) is 0 Å². The number of likely N-dealkylation sites (N-methyl/N-ethyl adjacent to an activating group) is 3. The second-order valence-corrected chi connectivity index (χ2v) is 12.7. The van der Waals surface area contributed by atoms with Crippen molar-refractivity contribution >= 4 is 28.9 Å². The van der Waals surface area contributed by atoms with E-state index in [2.05, 4.69) is 5.32 Å². The van der Waals surface area contributed by atoms with E-state index in [0.29, 0.717) is 69.1 Å². The molecule has 0 saturated carbocycles. The molecular formula is C33H46N4O13. The van der Waals surface area contributed by atoms with Gasteiger partial charge in [-0.15, -0.1) is 0 Å². The lowest BCUT2D eigenvalue weighted by Gasteiger charge is -2.31. The van der Waals surface area contributed by atoms with Crippen LogP contribution >= 0.6 is 0 Å². The van der Waals surface area contributed by atoms with Crippen LogP contribution in [0, 0.1) is 0 Å². The van der Waals surface area contributed by atoms with Crippen molar-refractivity contribution in [2.45, 2.75) is 50.0 Å². The molecular weight excluding hydrogens is 660 g/mol. The Bertz CT molecular complexity index is 1490. The predicted octanol–water partition coefficient (Wildman–Crippen LogP) is -0.967. The summed E-state index contributed by atoms with van der Waals surface area (Å²) < 4.78 is 36.9. The number of benzene rings is 1. The van der Waals surface area contributed by atoms with Gasteiger partial charge in [-0.25, -0.2) is 14.4 Å². The number of nitrogens with zero attached hydrogens (tertiary/aromatic N) is 3. The number of esters is 3. The summed E-state index contributed by atoms with van der Waals surface area (Å²) in [6.07, 6.45) is -3.06. The van der Waals surface area contributed by atoms with Gasteiger partial charge in [-0.1, -0.05) is 0 Å². The van der Waals surface area contributed by atoms with E-state index in [1.807, 2.05) is 35.8 Å². The maximum atomic E-state index is 12.7. The minimum atomic E-state index is -2.06. The molecule has 3 N–H and O–H groups in total. The number of morpholine rings is 3. The van der Waals surface area contributed by atoms with E-state index >= 15 is 0 Å². The van der Waals surface area contributed by atoms with Crippen molar-refractivity contribution in [2.75, 3.05) is 86.8 Å². The Morgan fingerprint density at radius 3 is 1.82 bits per heavy atom. The van der Waals surface area contributed by atoms with Crippen molar-refractivity contribution in [2.24, 2.45) is 0 Å². The number of carbonyl (C=O) groups is 3. The average Bonchev–Trinajstić information content (AvgIpc) is 3.63. The Kier molecular flexibility index (Phi) is 13.3. The number of fused-ring (bicyclic) bond motifs is 1. The van der Waals surface area contributed by atoms with E-state index in [0.717, 1.165) is 31.5 Å². The number of nitrogens with one attached hydrogen (secondary N) is 1. The lowest BCUT2D eigenvalue weighted by molar-refractivity contribution is -0.216. The fourth-order valence-electron chi connectivity index (χ4n) is 5.82. The first-order chi connectivity index (χ1) is 24.0. The molecule has 17 nitrogen and oxygen atoms in total. The van der Waals surface area contributed by atoms with Crippen molar-refractivity contribution < 1.29 is 57.4 Å². The van der Waals surface area contributed by atoms with Gasteiger partial charge in [0.1, 0.15) is 5.58 Å². The normalized spacial score (nSPS) is 26.3. The standard InChI is InChI=1S/C19H22N2O5.C14H24N2O8/c1-21-6-8-24-17(11-21)26-19(23)12-9-13(15-3-2-5-20-15)18-14(10-12)16(22)4-7-25-18;1-15-3-5-21-9(7-15)23-13(19)11(17)12(18)14(20)24-10-8-16(2)4-6-22-10/h4,7,9-10,15,17,20H,2-3,5-6,8,11H2,1H3;9-12,17-18H,3-8H2,1-2H3/t;9?,10?,11-,12-/m.0/s1. The van der Waals surface area contributed by atoms with Gasteiger partial charge in [0.2, 0.25) is 18.9 Å². The Balaban J connectivity index is 0.000000195. The monoisotopic (exact) mass is 706 g/mol. The predicted molar refractivity (Wildman–Crippen MR) is 174 cm³/mol. The second-order valence-electron chi connectivity index (χ2n) is 12.7. The summed E-state index contributed by atoms with van der Waals surface area (Å²) in [5.41, 5.74) is 1.53. The number of ether oxygens (including phenoxy) is 6. The van der Waals surface area contributed by atoms with Crippen LogP contribution in [0.15, 0.2) is 33.7 Å². The molecule has 276 valence electrons. The number of rotatable bonds is 8. The molecule has 5 heterocycles. The third-order valence-electron chi connectivity index (χ3n) is 8.69. The van der Waals surface area contributed by atoms with Gasteiger partial charge in [-0.2, -0.15) is 0 Å². The minimum absolute atomic E-state index is 0.0628.